The lowest BCUT2D eigenvalue weighted by Gasteiger charge is -2.31. The predicted molar refractivity (Wildman–Crippen MR) is 96.0 cm³/mol. The van der Waals surface area contributed by atoms with E-state index in [9.17, 15) is 9.59 Å². The fraction of sp³-hybridized carbons (Fsp3) is 0.333. The van der Waals surface area contributed by atoms with E-state index in [0.717, 1.165) is 5.56 Å². The van der Waals surface area contributed by atoms with Gasteiger partial charge in [0.15, 0.2) is 0 Å². The fourth-order valence-electron chi connectivity index (χ4n) is 2.48. The van der Waals surface area contributed by atoms with E-state index in [1.165, 1.54) is 0 Å². The van der Waals surface area contributed by atoms with Crippen molar-refractivity contribution in [2.75, 3.05) is 13.2 Å². The maximum absolute atomic E-state index is 11.3. The van der Waals surface area contributed by atoms with Gasteiger partial charge in [-0.3, -0.25) is 20.4 Å². The summed E-state index contributed by atoms with van der Waals surface area (Å²) in [4.78, 5) is 22.6. The molecule has 1 aromatic carbocycles. The standard InChI is InChI=1S/C18H24N4O4/c19-21-16(23)8-12-25-18(26-13-9-17(24)22-20)10-6-15(7-11-18)14-4-2-1-3-5-14/h1-7,10-11,15H,8-9,12-13,19-20H2,(H,21,23)(H,22,24). The number of hydrogen-bond acceptors (Lipinski definition) is 6. The molecule has 0 saturated carbocycles. The van der Waals surface area contributed by atoms with Gasteiger partial charge in [-0.15, -0.1) is 0 Å². The van der Waals surface area contributed by atoms with Crippen LogP contribution in [-0.2, 0) is 19.1 Å². The lowest BCUT2D eigenvalue weighted by molar-refractivity contribution is -0.175. The molecule has 8 heteroatoms. The van der Waals surface area contributed by atoms with Gasteiger partial charge in [0.2, 0.25) is 17.6 Å². The minimum Gasteiger partial charge on any atom is -0.343 e. The van der Waals surface area contributed by atoms with E-state index in [1.807, 2.05) is 53.3 Å². The molecular formula is C18H24N4O4. The molecule has 0 saturated heterocycles. The number of nitrogens with two attached hydrogens (primary N) is 2. The molecular weight excluding hydrogens is 336 g/mol. The first-order valence-electron chi connectivity index (χ1n) is 8.29. The zero-order chi connectivity index (χ0) is 18.8. The molecule has 0 unspecified atom stereocenters. The van der Waals surface area contributed by atoms with Gasteiger partial charge in [0.1, 0.15) is 0 Å². The van der Waals surface area contributed by atoms with E-state index in [1.54, 1.807) is 12.2 Å². The molecule has 0 aromatic heterocycles. The number of ether oxygens (including phenoxy) is 2. The van der Waals surface area contributed by atoms with Crippen molar-refractivity contribution in [3.05, 3.63) is 60.2 Å². The SMILES string of the molecule is NNC(=O)CCOC1(OCCC(=O)NN)C=CC(c2ccccc2)C=C1. The van der Waals surface area contributed by atoms with E-state index in [4.69, 9.17) is 21.2 Å². The van der Waals surface area contributed by atoms with Crippen LogP contribution in [0.5, 0.6) is 0 Å². The summed E-state index contributed by atoms with van der Waals surface area (Å²) in [5.74, 6) is 8.40. The molecule has 140 valence electrons. The summed E-state index contributed by atoms with van der Waals surface area (Å²) >= 11 is 0. The second-order valence-corrected chi connectivity index (χ2v) is 5.71. The first-order chi connectivity index (χ1) is 12.6. The van der Waals surface area contributed by atoms with Crippen molar-refractivity contribution in [2.24, 2.45) is 11.7 Å². The summed E-state index contributed by atoms with van der Waals surface area (Å²) < 4.78 is 11.5. The summed E-state index contributed by atoms with van der Waals surface area (Å²) in [6.45, 7) is 0.216. The van der Waals surface area contributed by atoms with Gasteiger partial charge in [0.25, 0.3) is 0 Å². The highest BCUT2D eigenvalue weighted by atomic mass is 16.7. The lowest BCUT2D eigenvalue weighted by Crippen LogP contribution is -2.37. The molecule has 8 nitrogen and oxygen atoms in total. The summed E-state index contributed by atoms with van der Waals surface area (Å²) in [6, 6.07) is 9.98. The molecule has 0 atom stereocenters. The molecule has 0 aliphatic heterocycles. The van der Waals surface area contributed by atoms with Crippen LogP contribution in [0.4, 0.5) is 0 Å². The maximum Gasteiger partial charge on any atom is 0.236 e. The van der Waals surface area contributed by atoms with Crippen LogP contribution in [0.3, 0.4) is 0 Å². The smallest absolute Gasteiger partial charge is 0.236 e. The number of carbonyl (C=O) groups excluding carboxylic acids is 2. The summed E-state index contributed by atoms with van der Waals surface area (Å²) in [6.07, 6.45) is 7.67. The minimum absolute atomic E-state index is 0.0920. The Kier molecular flexibility index (Phi) is 7.49. The Morgan fingerprint density at radius 1 is 0.923 bits per heavy atom. The highest BCUT2D eigenvalue weighted by Gasteiger charge is 2.29. The Labute approximate surface area is 152 Å². The quantitative estimate of drug-likeness (QED) is 0.166. The predicted octanol–water partition coefficient (Wildman–Crippen LogP) is 0.386. The van der Waals surface area contributed by atoms with E-state index in [0.29, 0.717) is 0 Å². The third-order valence-electron chi connectivity index (χ3n) is 3.89. The van der Waals surface area contributed by atoms with Crippen LogP contribution in [0.25, 0.3) is 0 Å². The number of amides is 2. The molecule has 6 N–H and O–H groups in total. The first kappa shape index (κ1) is 19.8. The highest BCUT2D eigenvalue weighted by molar-refractivity contribution is 5.75. The van der Waals surface area contributed by atoms with Gasteiger partial charge >= 0.3 is 0 Å². The third-order valence-corrected chi connectivity index (χ3v) is 3.89. The van der Waals surface area contributed by atoms with Gasteiger partial charge in [-0.25, -0.2) is 11.7 Å². The molecule has 0 fully saturated rings. The zero-order valence-corrected chi connectivity index (χ0v) is 14.4. The van der Waals surface area contributed by atoms with Gasteiger partial charge in [-0.1, -0.05) is 42.5 Å². The number of hydrogen-bond donors (Lipinski definition) is 4. The van der Waals surface area contributed by atoms with Crippen LogP contribution in [0, 0.1) is 0 Å². The molecule has 26 heavy (non-hydrogen) atoms. The Hall–Kier alpha value is -2.52. The molecule has 2 amide bonds. The maximum atomic E-state index is 11.3. The van der Waals surface area contributed by atoms with Gasteiger partial charge in [-0.2, -0.15) is 0 Å². The van der Waals surface area contributed by atoms with Crippen LogP contribution in [0.15, 0.2) is 54.6 Å². The van der Waals surface area contributed by atoms with Crippen molar-refractivity contribution in [1.29, 1.82) is 0 Å². The van der Waals surface area contributed by atoms with Crippen LogP contribution in [-0.4, -0.2) is 30.8 Å². The van der Waals surface area contributed by atoms with Gasteiger partial charge in [0.05, 0.1) is 26.1 Å². The normalized spacial score (nSPS) is 15.6. The summed E-state index contributed by atoms with van der Waals surface area (Å²) in [5.41, 5.74) is 5.23. The molecule has 1 aliphatic carbocycles. The zero-order valence-electron chi connectivity index (χ0n) is 14.4. The molecule has 2 rings (SSSR count). The Balaban J connectivity index is 2.03. The van der Waals surface area contributed by atoms with E-state index < -0.39 is 5.79 Å². The van der Waals surface area contributed by atoms with Gasteiger partial charge < -0.3 is 9.47 Å². The number of rotatable bonds is 9. The molecule has 0 heterocycles. The number of benzene rings is 1. The Morgan fingerprint density at radius 2 is 1.42 bits per heavy atom. The average Bonchev–Trinajstić information content (AvgIpc) is 2.69. The Bertz CT molecular complexity index is 622. The van der Waals surface area contributed by atoms with Crippen molar-refractivity contribution in [3.63, 3.8) is 0 Å². The molecule has 1 aliphatic rings. The van der Waals surface area contributed by atoms with Crippen molar-refractivity contribution in [3.8, 4) is 0 Å². The van der Waals surface area contributed by atoms with E-state index in [-0.39, 0.29) is 43.8 Å². The second kappa shape index (κ2) is 9.83. The highest BCUT2D eigenvalue weighted by Crippen LogP contribution is 2.30. The summed E-state index contributed by atoms with van der Waals surface area (Å²) in [7, 11) is 0. The van der Waals surface area contributed by atoms with Gasteiger partial charge in [-0.05, 0) is 17.7 Å². The van der Waals surface area contributed by atoms with Crippen LogP contribution in [0.2, 0.25) is 0 Å². The minimum atomic E-state index is -1.14. The third kappa shape index (κ3) is 5.78. The van der Waals surface area contributed by atoms with Crippen LogP contribution >= 0.6 is 0 Å². The molecule has 0 radical (unpaired) electrons. The van der Waals surface area contributed by atoms with Crippen molar-refractivity contribution in [1.82, 2.24) is 10.9 Å². The molecule has 0 spiro atoms. The van der Waals surface area contributed by atoms with Crippen molar-refractivity contribution >= 4 is 11.8 Å². The number of nitrogens with one attached hydrogen (secondary N) is 2. The van der Waals surface area contributed by atoms with E-state index >= 15 is 0 Å². The first-order valence-corrected chi connectivity index (χ1v) is 8.29. The monoisotopic (exact) mass is 360 g/mol. The Morgan fingerprint density at radius 3 is 1.88 bits per heavy atom. The molecule has 0 bridgehead atoms. The summed E-state index contributed by atoms with van der Waals surface area (Å²) in [5, 5.41) is 0. The lowest BCUT2D eigenvalue weighted by atomic mass is 9.93. The number of carbonyl (C=O) groups is 2. The van der Waals surface area contributed by atoms with Crippen LogP contribution in [0.1, 0.15) is 24.3 Å². The second-order valence-electron chi connectivity index (χ2n) is 5.71. The van der Waals surface area contributed by atoms with Crippen molar-refractivity contribution in [2.45, 2.75) is 24.5 Å². The van der Waals surface area contributed by atoms with Crippen LogP contribution < -0.4 is 22.5 Å². The number of hydrazine groups is 2. The largest absolute Gasteiger partial charge is 0.343 e. The van der Waals surface area contributed by atoms with Gasteiger partial charge in [0, 0.05) is 5.92 Å². The van der Waals surface area contributed by atoms with E-state index in [2.05, 4.69) is 0 Å². The average molecular weight is 360 g/mol. The fourth-order valence-corrected chi connectivity index (χ4v) is 2.48. The molecule has 1 aromatic rings. The topological polar surface area (TPSA) is 129 Å². The van der Waals surface area contributed by atoms with Crippen molar-refractivity contribution < 1.29 is 19.1 Å². The number of allylic oxidation sites excluding steroid dienone is 2.